The summed E-state index contributed by atoms with van der Waals surface area (Å²) in [6.45, 7) is 1.99. The number of halogens is 1. The number of carboxylic acid groups (broad SMARTS) is 1. The first-order valence-electron chi connectivity index (χ1n) is 3.98. The average molecular weight is 177 g/mol. The Balaban J connectivity index is 2.54. The maximum absolute atomic E-state index is 10.7. The molecule has 0 aromatic carbocycles. The van der Waals surface area contributed by atoms with Crippen molar-refractivity contribution in [1.82, 2.24) is 0 Å². The van der Waals surface area contributed by atoms with Crippen LogP contribution in [0.4, 0.5) is 0 Å². The summed E-state index contributed by atoms with van der Waals surface area (Å²) >= 11 is 5.86. The highest BCUT2D eigenvalue weighted by Crippen LogP contribution is 2.32. The molecule has 1 fully saturated rings. The Morgan fingerprint density at radius 2 is 2.18 bits per heavy atom. The van der Waals surface area contributed by atoms with Crippen molar-refractivity contribution in [3.63, 3.8) is 0 Å². The zero-order chi connectivity index (χ0) is 8.43. The second kappa shape index (κ2) is 3.44. The number of aliphatic carboxylic acids is 1. The monoisotopic (exact) mass is 176 g/mol. The number of carbonyl (C=O) groups is 1. The Bertz CT molecular complexity index is 158. The topological polar surface area (TPSA) is 37.3 Å². The first-order valence-corrected chi connectivity index (χ1v) is 4.41. The first-order chi connectivity index (χ1) is 5.11. The van der Waals surface area contributed by atoms with E-state index >= 15 is 0 Å². The number of alkyl halides is 1. The summed E-state index contributed by atoms with van der Waals surface area (Å²) in [5.74, 6) is -0.614. The number of hydrogen-bond donors (Lipinski definition) is 1. The predicted octanol–water partition coefficient (Wildman–Crippen LogP) is 2.11. The average Bonchev–Trinajstić information content (AvgIpc) is 1.94. The highest BCUT2D eigenvalue weighted by atomic mass is 35.5. The van der Waals surface area contributed by atoms with Crippen LogP contribution in [-0.4, -0.2) is 16.5 Å². The molecule has 11 heavy (non-hydrogen) atoms. The largest absolute Gasteiger partial charge is 0.481 e. The molecule has 0 bridgehead atoms. The van der Waals surface area contributed by atoms with E-state index in [4.69, 9.17) is 16.7 Å². The maximum Gasteiger partial charge on any atom is 0.306 e. The fourth-order valence-electron chi connectivity index (χ4n) is 1.61. The van der Waals surface area contributed by atoms with Gasteiger partial charge in [-0.25, -0.2) is 0 Å². The van der Waals surface area contributed by atoms with Gasteiger partial charge >= 0.3 is 5.97 Å². The van der Waals surface area contributed by atoms with E-state index in [0.717, 1.165) is 12.8 Å². The summed E-state index contributed by atoms with van der Waals surface area (Å²) in [6, 6.07) is 0. The van der Waals surface area contributed by atoms with Crippen molar-refractivity contribution in [2.75, 3.05) is 0 Å². The van der Waals surface area contributed by atoms with Gasteiger partial charge < -0.3 is 5.11 Å². The fourth-order valence-corrected chi connectivity index (χ4v) is 1.93. The molecule has 1 N–H and O–H groups in total. The molecule has 64 valence electrons. The molecule has 1 aliphatic rings. The molecular weight excluding hydrogens is 164 g/mol. The van der Waals surface area contributed by atoms with Crippen molar-refractivity contribution in [1.29, 1.82) is 0 Å². The van der Waals surface area contributed by atoms with Crippen LogP contribution < -0.4 is 0 Å². The van der Waals surface area contributed by atoms with Crippen molar-refractivity contribution < 1.29 is 9.90 Å². The van der Waals surface area contributed by atoms with Gasteiger partial charge in [0.05, 0.1) is 5.92 Å². The number of hydrogen-bond acceptors (Lipinski definition) is 1. The normalized spacial score (nSPS) is 38.5. The lowest BCUT2D eigenvalue weighted by Crippen LogP contribution is -2.29. The van der Waals surface area contributed by atoms with Gasteiger partial charge in [0.2, 0.25) is 0 Å². The number of carboxylic acids is 1. The van der Waals surface area contributed by atoms with Gasteiger partial charge in [-0.05, 0) is 25.2 Å². The van der Waals surface area contributed by atoms with Crippen LogP contribution in [-0.2, 0) is 4.79 Å². The van der Waals surface area contributed by atoms with Gasteiger partial charge in [-0.1, -0.05) is 6.92 Å². The first kappa shape index (κ1) is 8.85. The van der Waals surface area contributed by atoms with Crippen molar-refractivity contribution in [2.45, 2.75) is 31.6 Å². The molecule has 3 atom stereocenters. The quantitative estimate of drug-likeness (QED) is 0.622. The third-order valence-electron chi connectivity index (χ3n) is 2.45. The van der Waals surface area contributed by atoms with Gasteiger partial charge in [0.15, 0.2) is 0 Å². The Morgan fingerprint density at radius 1 is 1.55 bits per heavy atom. The Labute approximate surface area is 71.5 Å². The smallest absolute Gasteiger partial charge is 0.306 e. The van der Waals surface area contributed by atoms with Crippen molar-refractivity contribution in [2.24, 2.45) is 11.8 Å². The van der Waals surface area contributed by atoms with E-state index in [2.05, 4.69) is 0 Å². The molecular formula is C8H13ClO2. The third-order valence-corrected chi connectivity index (χ3v) is 2.85. The number of rotatable bonds is 1. The lowest BCUT2D eigenvalue weighted by molar-refractivity contribution is -0.144. The second-order valence-electron chi connectivity index (χ2n) is 3.33. The van der Waals surface area contributed by atoms with Crippen molar-refractivity contribution in [3.8, 4) is 0 Å². The Hall–Kier alpha value is -0.240. The highest BCUT2D eigenvalue weighted by Gasteiger charge is 2.31. The van der Waals surface area contributed by atoms with Crippen molar-refractivity contribution in [3.05, 3.63) is 0 Å². The van der Waals surface area contributed by atoms with Crippen LogP contribution in [0, 0.1) is 11.8 Å². The highest BCUT2D eigenvalue weighted by molar-refractivity contribution is 6.20. The molecule has 3 heteroatoms. The van der Waals surface area contributed by atoms with E-state index in [0.29, 0.717) is 12.3 Å². The molecule has 1 saturated carbocycles. The van der Waals surface area contributed by atoms with Crippen LogP contribution >= 0.6 is 11.6 Å². The third kappa shape index (κ3) is 2.09. The molecule has 0 unspecified atom stereocenters. The summed E-state index contributed by atoms with van der Waals surface area (Å²) in [5.41, 5.74) is 0. The van der Waals surface area contributed by atoms with Gasteiger partial charge in [-0.15, -0.1) is 11.6 Å². The Kier molecular flexibility index (Phi) is 2.77. The van der Waals surface area contributed by atoms with E-state index in [1.165, 1.54) is 0 Å². The molecule has 2 nitrogen and oxygen atoms in total. The van der Waals surface area contributed by atoms with Crippen LogP contribution in [0.2, 0.25) is 0 Å². The molecule has 0 aliphatic heterocycles. The minimum absolute atomic E-state index is 0.0762. The van der Waals surface area contributed by atoms with Crippen LogP contribution in [0.3, 0.4) is 0 Å². The predicted molar refractivity (Wildman–Crippen MR) is 43.8 cm³/mol. The summed E-state index contributed by atoms with van der Waals surface area (Å²) in [4.78, 5) is 10.7. The van der Waals surface area contributed by atoms with E-state index in [1.54, 1.807) is 0 Å². The standard InChI is InChI=1S/C8H13ClO2/c1-5-2-3-6(9)4-7(5)8(10)11/h5-7H,2-4H2,1H3,(H,10,11)/t5-,6+,7-/m1/s1. The van der Waals surface area contributed by atoms with Crippen LogP contribution in [0.1, 0.15) is 26.2 Å². The maximum atomic E-state index is 10.7. The molecule has 1 rings (SSSR count). The lowest BCUT2D eigenvalue weighted by Gasteiger charge is -2.28. The van der Waals surface area contributed by atoms with Gasteiger partial charge in [-0.2, -0.15) is 0 Å². The van der Waals surface area contributed by atoms with Crippen LogP contribution in [0.25, 0.3) is 0 Å². The Morgan fingerprint density at radius 3 is 2.64 bits per heavy atom. The minimum Gasteiger partial charge on any atom is -0.481 e. The molecule has 0 aromatic rings. The van der Waals surface area contributed by atoms with Gasteiger partial charge in [0.1, 0.15) is 0 Å². The van der Waals surface area contributed by atoms with Crippen molar-refractivity contribution >= 4 is 17.6 Å². The second-order valence-corrected chi connectivity index (χ2v) is 3.95. The van der Waals surface area contributed by atoms with Gasteiger partial charge in [0, 0.05) is 5.38 Å². The van der Waals surface area contributed by atoms with E-state index < -0.39 is 5.97 Å². The molecule has 0 spiro atoms. The molecule has 1 aliphatic carbocycles. The summed E-state index contributed by atoms with van der Waals surface area (Å²) in [5, 5.41) is 8.84. The zero-order valence-corrected chi connectivity index (χ0v) is 7.34. The lowest BCUT2D eigenvalue weighted by atomic mass is 9.80. The summed E-state index contributed by atoms with van der Waals surface area (Å²) in [6.07, 6.45) is 2.55. The minimum atomic E-state index is -0.692. The van der Waals surface area contributed by atoms with Crippen LogP contribution in [0.15, 0.2) is 0 Å². The van der Waals surface area contributed by atoms with E-state index in [1.807, 2.05) is 6.92 Å². The van der Waals surface area contributed by atoms with Gasteiger partial charge in [0.25, 0.3) is 0 Å². The molecule has 0 aromatic heterocycles. The summed E-state index contributed by atoms with van der Waals surface area (Å²) < 4.78 is 0. The van der Waals surface area contributed by atoms with Crippen LogP contribution in [0.5, 0.6) is 0 Å². The van der Waals surface area contributed by atoms with Gasteiger partial charge in [-0.3, -0.25) is 4.79 Å². The van der Waals surface area contributed by atoms with E-state index in [9.17, 15) is 4.79 Å². The fraction of sp³-hybridized carbons (Fsp3) is 0.875. The van der Waals surface area contributed by atoms with E-state index in [-0.39, 0.29) is 11.3 Å². The molecule has 0 heterocycles. The molecule has 0 radical (unpaired) electrons. The molecule has 0 saturated heterocycles. The SMILES string of the molecule is C[C@@H]1CC[C@H](Cl)C[C@H]1C(=O)O. The summed E-state index contributed by atoms with van der Waals surface area (Å²) in [7, 11) is 0. The zero-order valence-electron chi connectivity index (χ0n) is 6.59. The molecule has 0 amide bonds.